The van der Waals surface area contributed by atoms with E-state index in [1.54, 1.807) is 0 Å². The number of aromatic nitrogens is 1. The van der Waals surface area contributed by atoms with E-state index in [4.69, 9.17) is 4.42 Å². The van der Waals surface area contributed by atoms with Crippen LogP contribution in [0.1, 0.15) is 55.7 Å². The van der Waals surface area contributed by atoms with E-state index >= 15 is 0 Å². The molecule has 1 aliphatic carbocycles. The predicted molar refractivity (Wildman–Crippen MR) is 104 cm³/mol. The third-order valence-corrected chi connectivity index (χ3v) is 5.43. The van der Waals surface area contributed by atoms with Gasteiger partial charge in [-0.3, -0.25) is 0 Å². The Labute approximate surface area is 154 Å². The van der Waals surface area contributed by atoms with Gasteiger partial charge in [-0.15, -0.1) is 0 Å². The molecule has 0 amide bonds. The summed E-state index contributed by atoms with van der Waals surface area (Å²) in [5, 5.41) is 12.8. The summed E-state index contributed by atoms with van der Waals surface area (Å²) in [6.07, 6.45) is 7.80. The third kappa shape index (κ3) is 3.91. The summed E-state index contributed by atoms with van der Waals surface area (Å²) >= 11 is 0. The molecule has 1 saturated carbocycles. The van der Waals surface area contributed by atoms with Gasteiger partial charge in [0.25, 0.3) is 6.01 Å². The van der Waals surface area contributed by atoms with Crippen LogP contribution in [0.15, 0.2) is 52.9 Å². The molecule has 4 rings (SSSR count). The number of oxazole rings is 1. The van der Waals surface area contributed by atoms with Crippen LogP contribution in [0.25, 0.3) is 11.1 Å². The van der Waals surface area contributed by atoms with Crippen LogP contribution in [0.5, 0.6) is 0 Å². The van der Waals surface area contributed by atoms with Crippen molar-refractivity contribution in [2.75, 3.05) is 5.32 Å². The highest BCUT2D eigenvalue weighted by molar-refractivity contribution is 5.75. The number of fused-ring (bicyclic) bond motifs is 1. The molecule has 1 aliphatic rings. The molecule has 1 fully saturated rings. The van der Waals surface area contributed by atoms with Gasteiger partial charge in [-0.25, -0.2) is 0 Å². The molecule has 0 radical (unpaired) electrons. The summed E-state index contributed by atoms with van der Waals surface area (Å²) in [6, 6.07) is 16.9. The average Bonchev–Trinajstić information content (AvgIpc) is 3.10. The molecular formula is C22H26N2O2. The number of hydrogen-bond donors (Lipinski definition) is 2. The number of anilines is 1. The van der Waals surface area contributed by atoms with E-state index in [0.717, 1.165) is 29.0 Å². The first-order valence-corrected chi connectivity index (χ1v) is 9.63. The van der Waals surface area contributed by atoms with E-state index in [2.05, 4.69) is 40.6 Å². The van der Waals surface area contributed by atoms with Gasteiger partial charge in [-0.2, -0.15) is 4.98 Å². The summed E-state index contributed by atoms with van der Waals surface area (Å²) in [6.45, 7) is 0.0138. The van der Waals surface area contributed by atoms with Crippen LogP contribution >= 0.6 is 0 Å². The molecule has 2 N–H and O–H groups in total. The van der Waals surface area contributed by atoms with Crippen molar-refractivity contribution in [2.24, 2.45) is 5.92 Å². The molecule has 4 nitrogen and oxygen atoms in total. The van der Waals surface area contributed by atoms with Crippen LogP contribution in [0, 0.1) is 5.92 Å². The summed E-state index contributed by atoms with van der Waals surface area (Å²) in [5.74, 6) is 0.756. The maximum atomic E-state index is 9.31. The fourth-order valence-electron chi connectivity index (χ4n) is 4.00. The van der Waals surface area contributed by atoms with Gasteiger partial charge >= 0.3 is 0 Å². The first-order chi connectivity index (χ1) is 12.8. The fourth-order valence-corrected chi connectivity index (χ4v) is 4.00. The topological polar surface area (TPSA) is 58.3 Å². The van der Waals surface area contributed by atoms with Crippen LogP contribution in [-0.4, -0.2) is 10.1 Å². The van der Waals surface area contributed by atoms with Crippen LogP contribution in [0.3, 0.4) is 0 Å². The van der Waals surface area contributed by atoms with Crippen molar-refractivity contribution in [3.63, 3.8) is 0 Å². The Morgan fingerprint density at radius 1 is 1.08 bits per heavy atom. The summed E-state index contributed by atoms with van der Waals surface area (Å²) in [7, 11) is 0. The molecule has 4 heteroatoms. The standard InChI is InChI=1S/C22H26N2O2/c25-15-17-11-12-21-20(14-17)24-22(26-21)23-19(18-9-5-2-6-10-18)13-16-7-3-1-4-8-16/h2,5-6,9-12,14,16,19,25H,1,3-4,7-8,13,15H2,(H,23,24). The van der Waals surface area contributed by atoms with Gasteiger partial charge in [0.1, 0.15) is 5.52 Å². The first kappa shape index (κ1) is 17.1. The lowest BCUT2D eigenvalue weighted by Gasteiger charge is -2.27. The van der Waals surface area contributed by atoms with Gasteiger partial charge in [0.15, 0.2) is 5.58 Å². The SMILES string of the molecule is OCc1ccc2oc(NC(CC3CCCCC3)c3ccccc3)nc2c1. The van der Waals surface area contributed by atoms with Gasteiger partial charge in [0, 0.05) is 0 Å². The molecule has 0 spiro atoms. The lowest BCUT2D eigenvalue weighted by atomic mass is 9.83. The van der Waals surface area contributed by atoms with Crippen molar-refractivity contribution in [3.05, 3.63) is 59.7 Å². The molecule has 3 aromatic rings. The zero-order valence-electron chi connectivity index (χ0n) is 15.0. The fraction of sp³-hybridized carbons (Fsp3) is 0.409. The Hall–Kier alpha value is -2.33. The molecule has 26 heavy (non-hydrogen) atoms. The zero-order chi connectivity index (χ0) is 17.8. The minimum Gasteiger partial charge on any atom is -0.424 e. The molecule has 0 bridgehead atoms. The molecule has 1 atom stereocenters. The van der Waals surface area contributed by atoms with E-state index in [0.29, 0.717) is 6.01 Å². The quantitative estimate of drug-likeness (QED) is 0.621. The molecule has 1 heterocycles. The number of nitrogens with zero attached hydrogens (tertiary/aromatic N) is 1. The van der Waals surface area contributed by atoms with Gasteiger partial charge in [0.2, 0.25) is 0 Å². The third-order valence-electron chi connectivity index (χ3n) is 5.43. The highest BCUT2D eigenvalue weighted by atomic mass is 16.4. The largest absolute Gasteiger partial charge is 0.424 e. The Morgan fingerprint density at radius 2 is 1.88 bits per heavy atom. The van der Waals surface area contributed by atoms with E-state index < -0.39 is 0 Å². The molecule has 0 saturated heterocycles. The normalized spacial score (nSPS) is 16.7. The van der Waals surface area contributed by atoms with Crippen LogP contribution < -0.4 is 5.32 Å². The lowest BCUT2D eigenvalue weighted by Crippen LogP contribution is -2.17. The highest BCUT2D eigenvalue weighted by Gasteiger charge is 2.21. The van der Waals surface area contributed by atoms with Gasteiger partial charge in [-0.05, 0) is 35.6 Å². The maximum absolute atomic E-state index is 9.31. The van der Waals surface area contributed by atoms with Crippen molar-refractivity contribution in [1.29, 1.82) is 0 Å². The van der Waals surface area contributed by atoms with Crippen molar-refractivity contribution in [1.82, 2.24) is 4.98 Å². The number of nitrogens with one attached hydrogen (secondary N) is 1. The number of benzene rings is 2. The van der Waals surface area contributed by atoms with E-state index in [1.165, 1.54) is 37.7 Å². The Morgan fingerprint density at radius 3 is 2.65 bits per heavy atom. The second-order valence-electron chi connectivity index (χ2n) is 7.33. The van der Waals surface area contributed by atoms with Crippen molar-refractivity contribution < 1.29 is 9.52 Å². The van der Waals surface area contributed by atoms with E-state index in [1.807, 2.05) is 18.2 Å². The molecule has 136 valence electrons. The monoisotopic (exact) mass is 350 g/mol. The van der Waals surface area contributed by atoms with Crippen LogP contribution in [0.4, 0.5) is 6.01 Å². The van der Waals surface area contributed by atoms with Crippen molar-refractivity contribution >= 4 is 17.1 Å². The predicted octanol–water partition coefficient (Wildman–Crippen LogP) is 5.44. The Bertz CT molecular complexity index is 838. The minimum absolute atomic E-state index is 0.0138. The van der Waals surface area contributed by atoms with Gasteiger partial charge < -0.3 is 14.8 Å². The second kappa shape index (κ2) is 7.92. The van der Waals surface area contributed by atoms with Crippen molar-refractivity contribution in [2.45, 2.75) is 51.2 Å². The summed E-state index contributed by atoms with van der Waals surface area (Å²) in [4.78, 5) is 4.59. The van der Waals surface area contributed by atoms with Crippen LogP contribution in [0.2, 0.25) is 0 Å². The first-order valence-electron chi connectivity index (χ1n) is 9.63. The minimum atomic E-state index is 0.0138. The van der Waals surface area contributed by atoms with Gasteiger partial charge in [-0.1, -0.05) is 68.5 Å². The Balaban J connectivity index is 1.57. The Kier molecular flexibility index (Phi) is 5.21. The van der Waals surface area contributed by atoms with E-state index in [9.17, 15) is 5.11 Å². The average molecular weight is 350 g/mol. The summed E-state index contributed by atoms with van der Waals surface area (Å²) < 4.78 is 5.90. The van der Waals surface area contributed by atoms with Crippen molar-refractivity contribution in [3.8, 4) is 0 Å². The lowest BCUT2D eigenvalue weighted by molar-refractivity contribution is 0.282. The molecule has 1 aromatic heterocycles. The second-order valence-corrected chi connectivity index (χ2v) is 7.33. The van der Waals surface area contributed by atoms with E-state index in [-0.39, 0.29) is 12.6 Å². The highest BCUT2D eigenvalue weighted by Crippen LogP contribution is 2.34. The molecule has 1 unspecified atom stereocenters. The molecule has 2 aromatic carbocycles. The smallest absolute Gasteiger partial charge is 0.296 e. The molecule has 0 aliphatic heterocycles. The zero-order valence-corrected chi connectivity index (χ0v) is 15.0. The molecular weight excluding hydrogens is 324 g/mol. The number of aliphatic hydroxyl groups excluding tert-OH is 1. The maximum Gasteiger partial charge on any atom is 0.296 e. The summed E-state index contributed by atoms with van der Waals surface area (Å²) in [5.41, 5.74) is 3.65. The number of hydrogen-bond acceptors (Lipinski definition) is 4. The van der Waals surface area contributed by atoms with Crippen LogP contribution in [-0.2, 0) is 6.61 Å². The number of aliphatic hydroxyl groups is 1. The number of rotatable bonds is 6. The van der Waals surface area contributed by atoms with Gasteiger partial charge in [0.05, 0.1) is 12.6 Å².